The summed E-state index contributed by atoms with van der Waals surface area (Å²) in [6.07, 6.45) is 0.599. The van der Waals surface area contributed by atoms with Crippen molar-refractivity contribution in [1.82, 2.24) is 5.32 Å². The van der Waals surface area contributed by atoms with E-state index in [4.69, 9.17) is 5.11 Å². The Bertz CT molecular complexity index is 471. The predicted molar refractivity (Wildman–Crippen MR) is 71.2 cm³/mol. The second-order valence-electron chi connectivity index (χ2n) is 4.77. The van der Waals surface area contributed by atoms with Gasteiger partial charge < -0.3 is 15.5 Å². The van der Waals surface area contributed by atoms with Crippen LogP contribution in [-0.4, -0.2) is 28.6 Å². The Morgan fingerprint density at radius 2 is 2.05 bits per heavy atom. The average Bonchev–Trinajstić information content (AvgIpc) is 2.36. The second-order valence-corrected chi connectivity index (χ2v) is 4.77. The average molecular weight is 265 g/mol. The molecule has 0 heterocycles. The van der Waals surface area contributed by atoms with Crippen LogP contribution in [-0.2, 0) is 4.79 Å². The van der Waals surface area contributed by atoms with E-state index in [1.54, 1.807) is 12.1 Å². The van der Waals surface area contributed by atoms with Crippen molar-refractivity contribution in [2.45, 2.75) is 26.7 Å². The van der Waals surface area contributed by atoms with Crippen LogP contribution in [0.15, 0.2) is 18.2 Å². The lowest BCUT2D eigenvalue weighted by atomic mass is 10.1. The summed E-state index contributed by atoms with van der Waals surface area (Å²) < 4.78 is 0. The molecule has 5 heteroatoms. The Labute approximate surface area is 112 Å². The molecule has 1 amide bonds. The predicted octanol–water partition coefficient (Wildman–Crippen LogP) is 1.93. The fourth-order valence-electron chi connectivity index (χ4n) is 1.67. The van der Waals surface area contributed by atoms with E-state index in [2.05, 4.69) is 5.32 Å². The minimum atomic E-state index is -0.838. The molecule has 1 unspecified atom stereocenters. The Balaban J connectivity index is 2.51. The Hall–Kier alpha value is -2.04. The molecule has 0 spiro atoms. The number of aromatic hydroxyl groups is 1. The first-order valence-electron chi connectivity index (χ1n) is 6.19. The van der Waals surface area contributed by atoms with Crippen LogP contribution in [0.1, 0.15) is 35.7 Å². The molecule has 1 aromatic rings. The van der Waals surface area contributed by atoms with E-state index in [1.165, 1.54) is 6.07 Å². The van der Waals surface area contributed by atoms with Gasteiger partial charge in [-0.25, -0.2) is 0 Å². The number of carboxylic acid groups (broad SMARTS) is 1. The number of rotatable bonds is 6. The zero-order valence-electron chi connectivity index (χ0n) is 11.1. The molecule has 0 aromatic heterocycles. The molecule has 0 aliphatic heterocycles. The first kappa shape index (κ1) is 15.0. The summed E-state index contributed by atoms with van der Waals surface area (Å²) in [5.74, 6) is -1.16. The van der Waals surface area contributed by atoms with Gasteiger partial charge in [0, 0.05) is 13.0 Å². The molecular formula is C14H19NO4. The smallest absolute Gasteiger partial charge is 0.303 e. The highest BCUT2D eigenvalue weighted by atomic mass is 16.4. The quantitative estimate of drug-likeness (QED) is 0.733. The van der Waals surface area contributed by atoms with E-state index in [0.717, 1.165) is 5.56 Å². The Morgan fingerprint density at radius 3 is 2.68 bits per heavy atom. The summed E-state index contributed by atoms with van der Waals surface area (Å²) in [5, 5.41) is 20.9. The third-order valence-corrected chi connectivity index (χ3v) is 2.86. The maximum Gasteiger partial charge on any atom is 0.303 e. The van der Waals surface area contributed by atoms with Gasteiger partial charge in [0.05, 0.1) is 5.56 Å². The molecule has 5 nitrogen and oxygen atoms in total. The first-order valence-corrected chi connectivity index (χ1v) is 6.19. The van der Waals surface area contributed by atoms with Crippen molar-refractivity contribution in [1.29, 1.82) is 0 Å². The third-order valence-electron chi connectivity index (χ3n) is 2.86. The maximum absolute atomic E-state index is 11.9. The molecule has 1 atom stereocenters. The van der Waals surface area contributed by atoms with Crippen molar-refractivity contribution in [3.05, 3.63) is 29.3 Å². The lowest BCUT2D eigenvalue weighted by molar-refractivity contribution is -0.137. The van der Waals surface area contributed by atoms with Gasteiger partial charge in [-0.3, -0.25) is 9.59 Å². The molecule has 0 saturated heterocycles. The van der Waals surface area contributed by atoms with E-state index in [9.17, 15) is 14.7 Å². The van der Waals surface area contributed by atoms with Crippen molar-refractivity contribution in [3.63, 3.8) is 0 Å². The van der Waals surface area contributed by atoms with Crippen LogP contribution in [0.3, 0.4) is 0 Å². The second kappa shape index (κ2) is 6.78. The zero-order chi connectivity index (χ0) is 14.4. The fourth-order valence-corrected chi connectivity index (χ4v) is 1.67. The van der Waals surface area contributed by atoms with Gasteiger partial charge in [0.2, 0.25) is 0 Å². The molecule has 0 radical (unpaired) electrons. The zero-order valence-corrected chi connectivity index (χ0v) is 11.1. The molecule has 3 N–H and O–H groups in total. The van der Waals surface area contributed by atoms with Gasteiger partial charge in [-0.15, -0.1) is 0 Å². The number of benzene rings is 1. The Morgan fingerprint density at radius 1 is 1.37 bits per heavy atom. The number of hydrogen-bond donors (Lipinski definition) is 3. The van der Waals surface area contributed by atoms with Crippen LogP contribution < -0.4 is 5.32 Å². The number of phenols is 1. The van der Waals surface area contributed by atoms with E-state index >= 15 is 0 Å². The van der Waals surface area contributed by atoms with Gasteiger partial charge >= 0.3 is 5.97 Å². The highest BCUT2D eigenvalue weighted by Crippen LogP contribution is 2.18. The van der Waals surface area contributed by atoms with Gasteiger partial charge in [0.15, 0.2) is 0 Å². The number of hydrogen-bond acceptors (Lipinski definition) is 3. The fraction of sp³-hybridized carbons (Fsp3) is 0.429. The lowest BCUT2D eigenvalue weighted by Crippen LogP contribution is -2.28. The number of carbonyl (C=O) groups excluding carboxylic acids is 1. The van der Waals surface area contributed by atoms with E-state index in [0.29, 0.717) is 13.0 Å². The minimum Gasteiger partial charge on any atom is -0.507 e. The molecule has 1 rings (SSSR count). The number of aliphatic carboxylic acids is 1. The van der Waals surface area contributed by atoms with Crippen molar-refractivity contribution in [3.8, 4) is 5.75 Å². The maximum atomic E-state index is 11.9. The molecule has 1 aromatic carbocycles. The largest absolute Gasteiger partial charge is 0.507 e. The molecule has 0 fully saturated rings. The number of nitrogens with one attached hydrogen (secondary N) is 1. The van der Waals surface area contributed by atoms with Gasteiger partial charge in [-0.05, 0) is 31.4 Å². The summed E-state index contributed by atoms with van der Waals surface area (Å²) in [5.41, 5.74) is 1.13. The highest BCUT2D eigenvalue weighted by Gasteiger charge is 2.12. The molecular weight excluding hydrogens is 246 g/mol. The van der Waals surface area contributed by atoms with Crippen LogP contribution in [0.5, 0.6) is 5.75 Å². The van der Waals surface area contributed by atoms with Crippen LogP contribution in [0, 0.1) is 12.8 Å². The van der Waals surface area contributed by atoms with Crippen molar-refractivity contribution >= 4 is 11.9 Å². The number of aryl methyl sites for hydroxylation is 1. The van der Waals surface area contributed by atoms with Gasteiger partial charge in [0.1, 0.15) is 5.75 Å². The van der Waals surface area contributed by atoms with Crippen LogP contribution in [0.4, 0.5) is 0 Å². The lowest BCUT2D eigenvalue weighted by Gasteiger charge is -2.12. The Kier molecular flexibility index (Phi) is 5.36. The molecule has 19 heavy (non-hydrogen) atoms. The van der Waals surface area contributed by atoms with Gasteiger partial charge in [0.25, 0.3) is 5.91 Å². The van der Waals surface area contributed by atoms with Crippen molar-refractivity contribution in [2.75, 3.05) is 6.54 Å². The molecule has 0 bridgehead atoms. The SMILES string of the molecule is Cc1ccc(O)c(C(=O)NCC(C)CCC(=O)O)c1. The third kappa shape index (κ3) is 4.99. The van der Waals surface area contributed by atoms with Gasteiger partial charge in [-0.1, -0.05) is 18.6 Å². The summed E-state index contributed by atoms with van der Waals surface area (Å²) in [6.45, 7) is 4.10. The molecule has 104 valence electrons. The van der Waals surface area contributed by atoms with Crippen LogP contribution >= 0.6 is 0 Å². The van der Waals surface area contributed by atoms with E-state index in [1.807, 2.05) is 13.8 Å². The van der Waals surface area contributed by atoms with Crippen molar-refractivity contribution < 1.29 is 19.8 Å². The minimum absolute atomic E-state index is 0.0544. The summed E-state index contributed by atoms with van der Waals surface area (Å²) >= 11 is 0. The monoisotopic (exact) mass is 265 g/mol. The van der Waals surface area contributed by atoms with Crippen LogP contribution in [0.2, 0.25) is 0 Å². The highest BCUT2D eigenvalue weighted by molar-refractivity contribution is 5.96. The first-order chi connectivity index (χ1) is 8.90. The topological polar surface area (TPSA) is 86.6 Å². The number of phenolic OH excluding ortho intramolecular Hbond substituents is 1. The van der Waals surface area contributed by atoms with Crippen LogP contribution in [0.25, 0.3) is 0 Å². The number of carbonyl (C=O) groups is 2. The molecule has 0 aliphatic rings. The molecule has 0 saturated carbocycles. The summed E-state index contributed by atoms with van der Waals surface area (Å²) in [4.78, 5) is 22.3. The number of amides is 1. The van der Waals surface area contributed by atoms with E-state index < -0.39 is 5.97 Å². The number of carboxylic acids is 1. The van der Waals surface area contributed by atoms with Crippen molar-refractivity contribution in [2.24, 2.45) is 5.92 Å². The normalized spacial score (nSPS) is 11.9. The molecule has 0 aliphatic carbocycles. The standard InChI is InChI=1S/C14H19NO4/c1-9-3-5-12(16)11(7-9)14(19)15-8-10(2)4-6-13(17)18/h3,5,7,10,16H,4,6,8H2,1-2H3,(H,15,19)(H,17,18). The van der Waals surface area contributed by atoms with E-state index in [-0.39, 0.29) is 29.6 Å². The summed E-state index contributed by atoms with van der Waals surface area (Å²) in [6, 6.07) is 4.83. The van der Waals surface area contributed by atoms with Gasteiger partial charge in [-0.2, -0.15) is 0 Å². The summed E-state index contributed by atoms with van der Waals surface area (Å²) in [7, 11) is 0.